The Balaban J connectivity index is 1.69. The van der Waals surface area contributed by atoms with Gasteiger partial charge >= 0.3 is 6.03 Å². The van der Waals surface area contributed by atoms with E-state index in [0.29, 0.717) is 11.3 Å². The fraction of sp³-hybridized carbons (Fsp3) is 0.105. The average molecular weight is 351 g/mol. The van der Waals surface area contributed by atoms with Crippen LogP contribution < -0.4 is 10.6 Å². The van der Waals surface area contributed by atoms with Crippen LogP contribution in [0.2, 0.25) is 0 Å². The largest absolute Gasteiger partial charge is 0.508 e. The standard InChI is InChI=1S/C19H17N3O4/c1-12-5-7-14(8-6-12)20-17(24)11-22-18(25)16(21-19(22)26)10-13-3-2-4-15(23)9-13/h2-10,23H,11H2,1H3,(H,20,24)(H,21,26)/b16-10+. The minimum Gasteiger partial charge on any atom is -0.508 e. The molecule has 1 aliphatic heterocycles. The maximum absolute atomic E-state index is 12.4. The Kier molecular flexibility index (Phi) is 4.70. The number of hydrogen-bond donors (Lipinski definition) is 3. The Morgan fingerprint density at radius 1 is 1.19 bits per heavy atom. The van der Waals surface area contributed by atoms with Crippen LogP contribution >= 0.6 is 0 Å². The first-order chi connectivity index (χ1) is 12.4. The van der Waals surface area contributed by atoms with Crippen molar-refractivity contribution in [3.63, 3.8) is 0 Å². The maximum atomic E-state index is 12.4. The van der Waals surface area contributed by atoms with Crippen molar-refractivity contribution in [2.24, 2.45) is 0 Å². The molecule has 26 heavy (non-hydrogen) atoms. The van der Waals surface area contributed by atoms with Crippen molar-refractivity contribution in [3.05, 3.63) is 65.4 Å². The monoisotopic (exact) mass is 351 g/mol. The molecule has 7 heteroatoms. The third-order valence-corrected chi connectivity index (χ3v) is 3.78. The van der Waals surface area contributed by atoms with E-state index in [1.54, 1.807) is 24.3 Å². The summed E-state index contributed by atoms with van der Waals surface area (Å²) in [6.45, 7) is 1.54. The van der Waals surface area contributed by atoms with Crippen molar-refractivity contribution in [2.45, 2.75) is 6.92 Å². The quantitative estimate of drug-likeness (QED) is 0.581. The molecular formula is C19H17N3O4. The predicted octanol–water partition coefficient (Wildman–Crippen LogP) is 2.23. The second kappa shape index (κ2) is 7.10. The Hall–Kier alpha value is -3.61. The summed E-state index contributed by atoms with van der Waals surface area (Å²) in [4.78, 5) is 37.3. The lowest BCUT2D eigenvalue weighted by Crippen LogP contribution is -2.38. The van der Waals surface area contributed by atoms with Crippen LogP contribution in [0.3, 0.4) is 0 Å². The molecule has 0 spiro atoms. The van der Waals surface area contributed by atoms with Crippen molar-refractivity contribution < 1.29 is 19.5 Å². The van der Waals surface area contributed by atoms with Crippen LogP contribution in [-0.2, 0) is 9.59 Å². The van der Waals surface area contributed by atoms with E-state index in [1.807, 2.05) is 19.1 Å². The molecule has 132 valence electrons. The van der Waals surface area contributed by atoms with Gasteiger partial charge in [0.25, 0.3) is 5.91 Å². The van der Waals surface area contributed by atoms with Gasteiger partial charge < -0.3 is 15.7 Å². The second-order valence-electron chi connectivity index (χ2n) is 5.89. The van der Waals surface area contributed by atoms with Crippen LogP contribution in [0.25, 0.3) is 6.08 Å². The number of carbonyl (C=O) groups excluding carboxylic acids is 3. The van der Waals surface area contributed by atoms with Gasteiger partial charge in [-0.2, -0.15) is 0 Å². The van der Waals surface area contributed by atoms with Crippen LogP contribution in [0.4, 0.5) is 10.5 Å². The summed E-state index contributed by atoms with van der Waals surface area (Å²) >= 11 is 0. The van der Waals surface area contributed by atoms with Gasteiger partial charge in [-0.15, -0.1) is 0 Å². The molecule has 0 aromatic heterocycles. The summed E-state index contributed by atoms with van der Waals surface area (Å²) in [5, 5.41) is 14.5. The zero-order valence-corrected chi connectivity index (χ0v) is 14.0. The summed E-state index contributed by atoms with van der Waals surface area (Å²) in [5.74, 6) is -1.03. The fourth-order valence-corrected chi connectivity index (χ4v) is 2.48. The van der Waals surface area contributed by atoms with Gasteiger partial charge in [-0.05, 0) is 42.8 Å². The summed E-state index contributed by atoms with van der Waals surface area (Å²) in [7, 11) is 0. The summed E-state index contributed by atoms with van der Waals surface area (Å²) < 4.78 is 0. The third-order valence-electron chi connectivity index (χ3n) is 3.78. The van der Waals surface area contributed by atoms with Gasteiger partial charge in [-0.1, -0.05) is 29.8 Å². The molecule has 4 amide bonds. The number of aryl methyl sites for hydroxylation is 1. The topological polar surface area (TPSA) is 98.7 Å². The molecule has 1 heterocycles. The zero-order valence-electron chi connectivity index (χ0n) is 14.0. The molecule has 7 nitrogen and oxygen atoms in total. The number of rotatable bonds is 4. The van der Waals surface area contributed by atoms with E-state index in [-0.39, 0.29) is 11.4 Å². The number of phenols is 1. The second-order valence-corrected chi connectivity index (χ2v) is 5.89. The lowest BCUT2D eigenvalue weighted by molar-refractivity contribution is -0.127. The third kappa shape index (κ3) is 3.89. The number of nitrogens with zero attached hydrogens (tertiary/aromatic N) is 1. The molecule has 1 aliphatic rings. The summed E-state index contributed by atoms with van der Waals surface area (Å²) in [6.07, 6.45) is 1.44. The van der Waals surface area contributed by atoms with E-state index >= 15 is 0 Å². The predicted molar refractivity (Wildman–Crippen MR) is 96.1 cm³/mol. The lowest BCUT2D eigenvalue weighted by Gasteiger charge is -2.12. The normalized spacial score (nSPS) is 15.3. The smallest absolute Gasteiger partial charge is 0.329 e. The van der Waals surface area contributed by atoms with Crippen LogP contribution in [0.1, 0.15) is 11.1 Å². The number of amides is 4. The Morgan fingerprint density at radius 3 is 2.62 bits per heavy atom. The highest BCUT2D eigenvalue weighted by Crippen LogP contribution is 2.17. The van der Waals surface area contributed by atoms with E-state index in [1.165, 1.54) is 18.2 Å². The van der Waals surface area contributed by atoms with Gasteiger partial charge in [-0.25, -0.2) is 9.69 Å². The Morgan fingerprint density at radius 2 is 1.92 bits per heavy atom. The summed E-state index contributed by atoms with van der Waals surface area (Å²) in [5.41, 5.74) is 2.24. The van der Waals surface area contributed by atoms with Crippen LogP contribution in [0, 0.1) is 6.92 Å². The Labute approximate surface area is 149 Å². The number of nitrogens with one attached hydrogen (secondary N) is 2. The first kappa shape index (κ1) is 17.2. The van der Waals surface area contributed by atoms with Crippen molar-refractivity contribution in [1.82, 2.24) is 10.2 Å². The molecule has 0 atom stereocenters. The van der Waals surface area contributed by atoms with Gasteiger partial charge in [0, 0.05) is 5.69 Å². The molecule has 3 N–H and O–H groups in total. The SMILES string of the molecule is Cc1ccc(NC(=O)CN2C(=O)N/C(=C/c3cccc(O)c3)C2=O)cc1. The highest BCUT2D eigenvalue weighted by atomic mass is 16.3. The molecule has 2 aromatic rings. The number of imide groups is 1. The minimum absolute atomic E-state index is 0.0451. The van der Waals surface area contributed by atoms with E-state index in [4.69, 9.17) is 0 Å². The molecular weight excluding hydrogens is 334 g/mol. The summed E-state index contributed by atoms with van der Waals surface area (Å²) in [6, 6.07) is 12.8. The molecule has 1 fully saturated rings. The molecule has 2 aromatic carbocycles. The molecule has 0 bridgehead atoms. The highest BCUT2D eigenvalue weighted by Gasteiger charge is 2.34. The maximum Gasteiger partial charge on any atom is 0.329 e. The zero-order chi connectivity index (χ0) is 18.7. The number of phenolic OH excluding ortho intramolecular Hbond substituents is 1. The van der Waals surface area contributed by atoms with Gasteiger partial charge in [0.05, 0.1) is 0 Å². The number of carbonyl (C=O) groups is 3. The van der Waals surface area contributed by atoms with Crippen LogP contribution in [0.15, 0.2) is 54.2 Å². The average Bonchev–Trinajstić information content (AvgIpc) is 2.84. The molecule has 3 rings (SSSR count). The molecule has 0 unspecified atom stereocenters. The van der Waals surface area contributed by atoms with Gasteiger partial charge in [0.1, 0.15) is 18.0 Å². The lowest BCUT2D eigenvalue weighted by atomic mass is 10.2. The van der Waals surface area contributed by atoms with E-state index in [9.17, 15) is 19.5 Å². The van der Waals surface area contributed by atoms with Crippen LogP contribution in [-0.4, -0.2) is 34.4 Å². The fourth-order valence-electron chi connectivity index (χ4n) is 2.48. The number of aromatic hydroxyl groups is 1. The van der Waals surface area contributed by atoms with Crippen LogP contribution in [0.5, 0.6) is 5.75 Å². The molecule has 0 aliphatic carbocycles. The van der Waals surface area contributed by atoms with Crippen molar-refractivity contribution in [1.29, 1.82) is 0 Å². The van der Waals surface area contributed by atoms with Crippen molar-refractivity contribution in [3.8, 4) is 5.75 Å². The van der Waals surface area contributed by atoms with E-state index < -0.39 is 24.4 Å². The Bertz CT molecular complexity index is 903. The first-order valence-corrected chi connectivity index (χ1v) is 7.92. The number of urea groups is 1. The van der Waals surface area contributed by atoms with Gasteiger partial charge in [-0.3, -0.25) is 9.59 Å². The molecule has 0 saturated carbocycles. The van der Waals surface area contributed by atoms with Gasteiger partial charge in [0.15, 0.2) is 0 Å². The number of anilines is 1. The first-order valence-electron chi connectivity index (χ1n) is 7.92. The molecule has 1 saturated heterocycles. The highest BCUT2D eigenvalue weighted by molar-refractivity contribution is 6.15. The number of benzene rings is 2. The minimum atomic E-state index is -0.666. The van der Waals surface area contributed by atoms with Crippen molar-refractivity contribution >= 4 is 29.6 Å². The van der Waals surface area contributed by atoms with E-state index in [0.717, 1.165) is 10.5 Å². The van der Waals surface area contributed by atoms with E-state index in [2.05, 4.69) is 10.6 Å². The van der Waals surface area contributed by atoms with Crippen molar-refractivity contribution in [2.75, 3.05) is 11.9 Å². The molecule has 0 radical (unpaired) electrons. The number of hydrogen-bond acceptors (Lipinski definition) is 4. The van der Waals surface area contributed by atoms with Gasteiger partial charge in [0.2, 0.25) is 5.91 Å².